The molecule has 0 bridgehead atoms. The van der Waals surface area contributed by atoms with E-state index in [9.17, 15) is 4.79 Å². The van der Waals surface area contributed by atoms with Gasteiger partial charge in [-0.25, -0.2) is 0 Å². The van der Waals surface area contributed by atoms with Crippen molar-refractivity contribution in [2.75, 3.05) is 6.54 Å². The largest absolute Gasteiger partial charge is 0.481 e. The van der Waals surface area contributed by atoms with E-state index in [1.165, 1.54) is 0 Å². The zero-order valence-electron chi connectivity index (χ0n) is 4.55. The number of nitrogens with two attached hydrogens (primary N) is 1. The van der Waals surface area contributed by atoms with E-state index < -0.39 is 11.4 Å². The first-order valence-electron chi connectivity index (χ1n) is 2.65. The molecule has 1 fully saturated rings. The van der Waals surface area contributed by atoms with Gasteiger partial charge in [0.1, 0.15) is 0 Å². The van der Waals surface area contributed by atoms with Crippen LogP contribution in [-0.2, 0) is 4.79 Å². The van der Waals surface area contributed by atoms with Crippen molar-refractivity contribution in [2.24, 2.45) is 11.1 Å². The Hall–Kier alpha value is -0.570. The Labute approximate surface area is 47.5 Å². The quantitative estimate of drug-likeness (QED) is 0.524. The van der Waals surface area contributed by atoms with Gasteiger partial charge in [-0.15, -0.1) is 0 Å². The third-order valence-electron chi connectivity index (χ3n) is 1.70. The first-order chi connectivity index (χ1) is 3.71. The molecule has 3 nitrogen and oxygen atoms in total. The molecule has 0 atom stereocenters. The molecule has 0 aliphatic heterocycles. The van der Waals surface area contributed by atoms with Gasteiger partial charge < -0.3 is 10.8 Å². The minimum absolute atomic E-state index is 0.294. The second kappa shape index (κ2) is 1.45. The average Bonchev–Trinajstić information content (AvgIpc) is 2.44. The highest BCUT2D eigenvalue weighted by Crippen LogP contribution is 2.44. The predicted molar refractivity (Wildman–Crippen MR) is 28.4 cm³/mol. The highest BCUT2D eigenvalue weighted by molar-refractivity contribution is 5.77. The second-order valence-electron chi connectivity index (χ2n) is 2.29. The summed E-state index contributed by atoms with van der Waals surface area (Å²) in [5.74, 6) is -0.736. The summed E-state index contributed by atoms with van der Waals surface area (Å²) in [4.78, 5) is 10.2. The highest BCUT2D eigenvalue weighted by atomic mass is 16.4. The molecule has 1 aliphatic rings. The third kappa shape index (κ3) is 0.591. The van der Waals surface area contributed by atoms with Crippen molar-refractivity contribution in [3.05, 3.63) is 0 Å². The summed E-state index contributed by atoms with van der Waals surface area (Å²) < 4.78 is 0. The van der Waals surface area contributed by atoms with Crippen LogP contribution in [0.3, 0.4) is 0 Å². The SMILES string of the molecule is NCC1(C(=O)O)CC1. The van der Waals surface area contributed by atoms with E-state index in [2.05, 4.69) is 0 Å². The van der Waals surface area contributed by atoms with Gasteiger partial charge in [0.05, 0.1) is 5.41 Å². The van der Waals surface area contributed by atoms with Crippen LogP contribution < -0.4 is 5.73 Å². The second-order valence-corrected chi connectivity index (χ2v) is 2.29. The van der Waals surface area contributed by atoms with E-state index in [0.29, 0.717) is 6.54 Å². The Morgan fingerprint density at radius 1 is 1.75 bits per heavy atom. The number of hydrogen-bond acceptors (Lipinski definition) is 2. The van der Waals surface area contributed by atoms with E-state index in [0.717, 1.165) is 12.8 Å². The molecule has 1 rings (SSSR count). The lowest BCUT2D eigenvalue weighted by Gasteiger charge is -2.01. The summed E-state index contributed by atoms with van der Waals surface area (Å²) in [5, 5.41) is 8.42. The molecule has 46 valence electrons. The van der Waals surface area contributed by atoms with Crippen molar-refractivity contribution < 1.29 is 9.90 Å². The van der Waals surface area contributed by atoms with E-state index >= 15 is 0 Å². The molecule has 0 aromatic carbocycles. The lowest BCUT2D eigenvalue weighted by molar-refractivity contribution is -0.142. The maximum atomic E-state index is 10.2. The van der Waals surface area contributed by atoms with Gasteiger partial charge in [0.2, 0.25) is 0 Å². The number of carboxylic acids is 1. The van der Waals surface area contributed by atoms with E-state index in [1.807, 2.05) is 0 Å². The van der Waals surface area contributed by atoms with Gasteiger partial charge in [0.25, 0.3) is 0 Å². The highest BCUT2D eigenvalue weighted by Gasteiger charge is 2.48. The van der Waals surface area contributed by atoms with Crippen LogP contribution in [0.15, 0.2) is 0 Å². The number of hydrogen-bond donors (Lipinski definition) is 2. The Kier molecular flexibility index (Phi) is 1.01. The molecule has 0 radical (unpaired) electrons. The first-order valence-corrected chi connectivity index (χ1v) is 2.65. The minimum atomic E-state index is -0.736. The van der Waals surface area contributed by atoms with Crippen LogP contribution in [-0.4, -0.2) is 17.6 Å². The van der Waals surface area contributed by atoms with E-state index in [1.54, 1.807) is 0 Å². The standard InChI is InChI=1S/C5H9NO2/c6-3-5(1-2-5)4(7)8/h1-3,6H2,(H,7,8). The van der Waals surface area contributed by atoms with Crippen molar-refractivity contribution in [1.29, 1.82) is 0 Å². The zero-order chi connectivity index (χ0) is 6.20. The molecule has 0 spiro atoms. The summed E-state index contributed by atoms with van der Waals surface area (Å²) in [6.45, 7) is 0.294. The minimum Gasteiger partial charge on any atom is -0.481 e. The predicted octanol–water partition coefficient (Wildman–Crippen LogP) is -0.190. The van der Waals surface area contributed by atoms with Gasteiger partial charge in [-0.05, 0) is 12.8 Å². The molecule has 0 saturated heterocycles. The smallest absolute Gasteiger partial charge is 0.310 e. The maximum Gasteiger partial charge on any atom is 0.310 e. The van der Waals surface area contributed by atoms with E-state index in [4.69, 9.17) is 10.8 Å². The molecule has 3 N–H and O–H groups in total. The number of rotatable bonds is 2. The van der Waals surface area contributed by atoms with Crippen LogP contribution >= 0.6 is 0 Å². The Morgan fingerprint density at radius 3 is 2.25 bits per heavy atom. The summed E-state index contributed by atoms with van der Waals surface area (Å²) in [6, 6.07) is 0. The summed E-state index contributed by atoms with van der Waals surface area (Å²) in [5.41, 5.74) is 4.68. The third-order valence-corrected chi connectivity index (χ3v) is 1.70. The average molecular weight is 115 g/mol. The molecule has 0 amide bonds. The Bertz CT molecular complexity index is 118. The molecule has 0 unspecified atom stereocenters. The van der Waals surface area contributed by atoms with Crippen LogP contribution in [0.2, 0.25) is 0 Å². The maximum absolute atomic E-state index is 10.2. The van der Waals surface area contributed by atoms with Gasteiger partial charge >= 0.3 is 5.97 Å². The molecule has 8 heavy (non-hydrogen) atoms. The topological polar surface area (TPSA) is 63.3 Å². The Morgan fingerprint density at radius 2 is 2.25 bits per heavy atom. The Balaban J connectivity index is 2.53. The van der Waals surface area contributed by atoms with Crippen LogP contribution in [0.5, 0.6) is 0 Å². The van der Waals surface area contributed by atoms with Crippen LogP contribution in [0.25, 0.3) is 0 Å². The normalized spacial score (nSPS) is 22.6. The van der Waals surface area contributed by atoms with Crippen LogP contribution in [0.1, 0.15) is 12.8 Å². The van der Waals surface area contributed by atoms with E-state index in [-0.39, 0.29) is 0 Å². The van der Waals surface area contributed by atoms with Crippen molar-refractivity contribution in [3.8, 4) is 0 Å². The molecule has 3 heteroatoms. The van der Waals surface area contributed by atoms with Crippen LogP contribution in [0.4, 0.5) is 0 Å². The van der Waals surface area contributed by atoms with Crippen LogP contribution in [0, 0.1) is 5.41 Å². The summed E-state index contributed by atoms with van der Waals surface area (Å²) in [7, 11) is 0. The van der Waals surface area contributed by atoms with Crippen molar-refractivity contribution in [2.45, 2.75) is 12.8 Å². The molecule has 0 heterocycles. The van der Waals surface area contributed by atoms with Gasteiger partial charge in [0.15, 0.2) is 0 Å². The molecule has 0 aromatic heterocycles. The zero-order valence-corrected chi connectivity index (χ0v) is 4.55. The summed E-state index contributed by atoms with van der Waals surface area (Å²) in [6.07, 6.45) is 1.53. The van der Waals surface area contributed by atoms with Gasteiger partial charge in [-0.1, -0.05) is 0 Å². The van der Waals surface area contributed by atoms with Crippen molar-refractivity contribution in [3.63, 3.8) is 0 Å². The number of carbonyl (C=O) groups is 1. The molecule has 0 aromatic rings. The van der Waals surface area contributed by atoms with Crippen molar-refractivity contribution in [1.82, 2.24) is 0 Å². The number of carboxylic acid groups (broad SMARTS) is 1. The first kappa shape index (κ1) is 5.56. The fraction of sp³-hybridized carbons (Fsp3) is 0.800. The van der Waals surface area contributed by atoms with Gasteiger partial charge in [-0.2, -0.15) is 0 Å². The van der Waals surface area contributed by atoms with Crippen molar-refractivity contribution >= 4 is 5.97 Å². The molecule has 1 aliphatic carbocycles. The monoisotopic (exact) mass is 115 g/mol. The van der Waals surface area contributed by atoms with Gasteiger partial charge in [-0.3, -0.25) is 4.79 Å². The number of aliphatic carboxylic acids is 1. The van der Waals surface area contributed by atoms with Gasteiger partial charge in [0, 0.05) is 6.54 Å². The summed E-state index contributed by atoms with van der Waals surface area (Å²) >= 11 is 0. The molecule has 1 saturated carbocycles. The lowest BCUT2D eigenvalue weighted by atomic mass is 10.1. The molecular formula is C5H9NO2. The fourth-order valence-electron chi connectivity index (χ4n) is 0.656. The fourth-order valence-corrected chi connectivity index (χ4v) is 0.656. The lowest BCUT2D eigenvalue weighted by Crippen LogP contribution is -2.24. The molecular weight excluding hydrogens is 106 g/mol.